The van der Waals surface area contributed by atoms with Gasteiger partial charge in [-0.3, -0.25) is 9.88 Å². The van der Waals surface area contributed by atoms with E-state index in [1.165, 1.54) is 0 Å². The number of piperidine rings is 1. The highest BCUT2D eigenvalue weighted by Crippen LogP contribution is 2.35. The van der Waals surface area contributed by atoms with Crippen molar-refractivity contribution in [2.24, 2.45) is 0 Å². The third-order valence-corrected chi connectivity index (χ3v) is 4.03. The second-order valence-electron chi connectivity index (χ2n) is 5.60. The van der Waals surface area contributed by atoms with E-state index >= 15 is 0 Å². The highest BCUT2D eigenvalue weighted by Gasteiger charge is 2.44. The van der Waals surface area contributed by atoms with Gasteiger partial charge in [0.15, 0.2) is 0 Å². The monoisotopic (exact) mass is 273 g/mol. The zero-order valence-corrected chi connectivity index (χ0v) is 11.5. The molecule has 0 radical (unpaired) electrons. The molecule has 2 fully saturated rings. The van der Waals surface area contributed by atoms with Gasteiger partial charge in [-0.15, -0.1) is 0 Å². The largest absolute Gasteiger partial charge is 0.486 e. The molecule has 2 unspecified atom stereocenters. The molecule has 0 amide bonds. The molecule has 2 atom stereocenters. The van der Waals surface area contributed by atoms with Crippen molar-refractivity contribution in [2.45, 2.75) is 31.0 Å². The van der Waals surface area contributed by atoms with Crippen LogP contribution >= 0.6 is 0 Å². The minimum atomic E-state index is -0.123. The van der Waals surface area contributed by atoms with E-state index in [-0.39, 0.29) is 11.7 Å². The Labute approximate surface area is 119 Å². The third-order valence-electron chi connectivity index (χ3n) is 4.03. The van der Waals surface area contributed by atoms with Crippen molar-refractivity contribution in [3.05, 3.63) is 24.5 Å². The molecule has 0 N–H and O–H groups in total. The molecule has 3 rings (SSSR count). The van der Waals surface area contributed by atoms with Gasteiger partial charge >= 0.3 is 0 Å². The van der Waals surface area contributed by atoms with E-state index in [1.54, 1.807) is 12.4 Å². The van der Waals surface area contributed by atoms with Crippen molar-refractivity contribution in [1.29, 1.82) is 5.26 Å². The number of pyridine rings is 1. The summed E-state index contributed by atoms with van der Waals surface area (Å²) in [7, 11) is 0. The Kier molecular flexibility index (Phi) is 3.86. The first-order valence-electron chi connectivity index (χ1n) is 7.10. The van der Waals surface area contributed by atoms with Gasteiger partial charge in [-0.25, -0.2) is 0 Å². The van der Waals surface area contributed by atoms with Crippen molar-refractivity contribution < 1.29 is 9.47 Å². The second-order valence-corrected chi connectivity index (χ2v) is 5.60. The lowest BCUT2D eigenvalue weighted by atomic mass is 9.89. The number of aromatic nitrogens is 1. The Bertz CT molecular complexity index is 488. The summed E-state index contributed by atoms with van der Waals surface area (Å²) in [5.41, 5.74) is -0.123. The van der Waals surface area contributed by atoms with Gasteiger partial charge in [0, 0.05) is 19.2 Å². The minimum Gasteiger partial charge on any atom is -0.486 e. The summed E-state index contributed by atoms with van der Waals surface area (Å²) in [6, 6.07) is 6.01. The average Bonchev–Trinajstić information content (AvgIpc) is 2.83. The number of hydrogen-bond acceptors (Lipinski definition) is 5. The van der Waals surface area contributed by atoms with E-state index in [0.717, 1.165) is 38.1 Å². The zero-order chi connectivity index (χ0) is 13.8. The first-order valence-corrected chi connectivity index (χ1v) is 7.10. The molecule has 0 aliphatic carbocycles. The molecule has 1 spiro atoms. The summed E-state index contributed by atoms with van der Waals surface area (Å²) >= 11 is 0. The van der Waals surface area contributed by atoms with Crippen LogP contribution in [-0.4, -0.2) is 47.8 Å². The molecule has 2 saturated heterocycles. The second kappa shape index (κ2) is 5.78. The van der Waals surface area contributed by atoms with Gasteiger partial charge < -0.3 is 9.47 Å². The van der Waals surface area contributed by atoms with Crippen LogP contribution in [0.5, 0.6) is 5.75 Å². The molecule has 1 aromatic heterocycles. The summed E-state index contributed by atoms with van der Waals surface area (Å²) in [6.07, 6.45) is 6.59. The molecule has 5 heteroatoms. The Morgan fingerprint density at radius 3 is 3.35 bits per heavy atom. The number of rotatable bonds is 3. The van der Waals surface area contributed by atoms with E-state index < -0.39 is 0 Å². The highest BCUT2D eigenvalue weighted by molar-refractivity contribution is 5.16. The van der Waals surface area contributed by atoms with Crippen LogP contribution in [0.2, 0.25) is 0 Å². The molecule has 20 heavy (non-hydrogen) atoms. The maximum Gasteiger partial charge on any atom is 0.138 e. The van der Waals surface area contributed by atoms with Crippen LogP contribution in [0.1, 0.15) is 19.3 Å². The predicted molar refractivity (Wildman–Crippen MR) is 73.2 cm³/mol. The van der Waals surface area contributed by atoms with Crippen LogP contribution in [0.15, 0.2) is 24.5 Å². The van der Waals surface area contributed by atoms with Gasteiger partial charge in [0.2, 0.25) is 0 Å². The molecular formula is C15H19N3O2. The van der Waals surface area contributed by atoms with E-state index in [9.17, 15) is 0 Å². The van der Waals surface area contributed by atoms with Gasteiger partial charge in [0.05, 0.1) is 31.0 Å². The third kappa shape index (κ3) is 2.92. The maximum absolute atomic E-state index is 8.83. The van der Waals surface area contributed by atoms with Crippen LogP contribution in [0, 0.1) is 11.3 Å². The van der Waals surface area contributed by atoms with Crippen LogP contribution in [0.3, 0.4) is 0 Å². The molecule has 106 valence electrons. The van der Waals surface area contributed by atoms with E-state index in [2.05, 4.69) is 16.0 Å². The molecule has 2 aliphatic heterocycles. The summed E-state index contributed by atoms with van der Waals surface area (Å²) < 4.78 is 12.0. The molecular weight excluding hydrogens is 254 g/mol. The fraction of sp³-hybridized carbons (Fsp3) is 0.600. The van der Waals surface area contributed by atoms with Crippen LogP contribution in [0.4, 0.5) is 0 Å². The van der Waals surface area contributed by atoms with Gasteiger partial charge in [0.25, 0.3) is 0 Å². The summed E-state index contributed by atoms with van der Waals surface area (Å²) in [4.78, 5) is 6.23. The topological polar surface area (TPSA) is 58.4 Å². The minimum absolute atomic E-state index is 0.0845. The summed E-state index contributed by atoms with van der Waals surface area (Å²) in [6.45, 7) is 2.94. The van der Waals surface area contributed by atoms with Crippen molar-refractivity contribution in [2.75, 3.05) is 26.2 Å². The zero-order valence-electron chi connectivity index (χ0n) is 11.5. The fourth-order valence-corrected chi connectivity index (χ4v) is 3.20. The quantitative estimate of drug-likeness (QED) is 0.783. The number of nitrogens with zero attached hydrogens (tertiary/aromatic N) is 3. The fourth-order valence-electron chi connectivity index (χ4n) is 3.20. The van der Waals surface area contributed by atoms with Crippen molar-refractivity contribution in [3.8, 4) is 11.8 Å². The predicted octanol–water partition coefficient (Wildman–Crippen LogP) is 1.61. The van der Waals surface area contributed by atoms with E-state index in [0.29, 0.717) is 13.2 Å². The molecule has 0 saturated carbocycles. The molecule has 0 bridgehead atoms. The van der Waals surface area contributed by atoms with Gasteiger partial charge in [-0.05, 0) is 31.5 Å². The molecule has 2 aliphatic rings. The average molecular weight is 273 g/mol. The molecule has 0 aromatic carbocycles. The number of hydrogen-bond donors (Lipinski definition) is 0. The van der Waals surface area contributed by atoms with Crippen LogP contribution < -0.4 is 4.74 Å². The van der Waals surface area contributed by atoms with Gasteiger partial charge in [-0.2, -0.15) is 5.26 Å². The van der Waals surface area contributed by atoms with Crippen molar-refractivity contribution in [1.82, 2.24) is 9.88 Å². The first-order chi connectivity index (χ1) is 9.80. The number of ether oxygens (including phenoxy) is 2. The summed E-state index contributed by atoms with van der Waals surface area (Å²) in [5, 5.41) is 8.83. The van der Waals surface area contributed by atoms with Gasteiger partial charge in [0.1, 0.15) is 11.9 Å². The maximum atomic E-state index is 8.83. The Hall–Kier alpha value is -1.64. The lowest BCUT2D eigenvalue weighted by molar-refractivity contribution is -0.0488. The molecule has 5 nitrogen and oxygen atoms in total. The standard InChI is InChI=1S/C15H19N3O2/c16-5-8-18-7-2-4-15(12-18)9-14(11-19-15)20-13-3-1-6-17-10-13/h1,3,6,10,14H,2,4,7-9,11-12H2. The van der Waals surface area contributed by atoms with E-state index in [1.807, 2.05) is 12.1 Å². The Balaban J connectivity index is 1.60. The lowest BCUT2D eigenvalue weighted by Crippen LogP contribution is -2.48. The Morgan fingerprint density at radius 2 is 2.55 bits per heavy atom. The van der Waals surface area contributed by atoms with Crippen molar-refractivity contribution in [3.63, 3.8) is 0 Å². The van der Waals surface area contributed by atoms with Gasteiger partial charge in [-0.1, -0.05) is 0 Å². The van der Waals surface area contributed by atoms with Crippen molar-refractivity contribution >= 4 is 0 Å². The molecule has 3 heterocycles. The lowest BCUT2D eigenvalue weighted by Gasteiger charge is -2.38. The summed E-state index contributed by atoms with van der Waals surface area (Å²) in [5.74, 6) is 0.794. The van der Waals surface area contributed by atoms with Crippen LogP contribution in [-0.2, 0) is 4.74 Å². The molecule has 1 aromatic rings. The number of nitriles is 1. The number of likely N-dealkylation sites (tertiary alicyclic amines) is 1. The normalized spacial score (nSPS) is 30.2. The SMILES string of the molecule is N#CCN1CCCC2(CC(Oc3cccnc3)CO2)C1. The smallest absolute Gasteiger partial charge is 0.138 e. The first kappa shape index (κ1) is 13.3. The van der Waals surface area contributed by atoms with E-state index in [4.69, 9.17) is 14.7 Å². The Morgan fingerprint density at radius 1 is 1.60 bits per heavy atom. The highest BCUT2D eigenvalue weighted by atomic mass is 16.6. The van der Waals surface area contributed by atoms with Crippen LogP contribution in [0.25, 0.3) is 0 Å².